The Labute approximate surface area is 256 Å². The molecule has 0 spiro atoms. The van der Waals surface area contributed by atoms with Gasteiger partial charge in [0.1, 0.15) is 18.3 Å². The van der Waals surface area contributed by atoms with Crippen LogP contribution in [-0.2, 0) is 22.6 Å². The molecular weight excluding hydrogens is 566 g/mol. The highest BCUT2D eigenvalue weighted by atomic mass is 16.6. The van der Waals surface area contributed by atoms with Gasteiger partial charge in [-0.3, -0.25) is 4.57 Å². The Bertz CT molecular complexity index is 1450. The zero-order valence-electron chi connectivity index (χ0n) is 24.6. The van der Waals surface area contributed by atoms with Crippen molar-refractivity contribution in [3.8, 4) is 11.5 Å². The summed E-state index contributed by atoms with van der Waals surface area (Å²) in [7, 11) is 0. The normalized spacial score (nSPS) is 19.8. The van der Waals surface area contributed by atoms with E-state index in [1.807, 2.05) is 72.8 Å². The number of imidazole rings is 1. The van der Waals surface area contributed by atoms with Crippen LogP contribution < -0.4 is 14.8 Å². The first-order chi connectivity index (χ1) is 21.6. The Kier molecular flexibility index (Phi) is 11.4. The number of hydrogen-bond donors (Lipinski definition) is 5. The molecule has 0 aliphatic carbocycles. The number of nitrogens with one attached hydrogen (secondary N) is 1. The molecule has 0 unspecified atom stereocenters. The van der Waals surface area contributed by atoms with Gasteiger partial charge in [-0.1, -0.05) is 48.5 Å². The number of nitrogens with zero attached hydrogens (tertiary/aromatic N) is 2. The number of rotatable bonds is 17. The predicted molar refractivity (Wildman–Crippen MR) is 165 cm³/mol. The van der Waals surface area contributed by atoms with Crippen LogP contribution in [0.4, 0.5) is 5.95 Å². The third-order valence-electron chi connectivity index (χ3n) is 7.44. The van der Waals surface area contributed by atoms with E-state index in [9.17, 15) is 15.3 Å². The monoisotopic (exact) mass is 607 g/mol. The average Bonchev–Trinajstić information content (AvgIpc) is 3.56. The van der Waals surface area contributed by atoms with Gasteiger partial charge in [-0.25, -0.2) is 4.98 Å². The van der Waals surface area contributed by atoms with Gasteiger partial charge in [0.15, 0.2) is 17.7 Å². The Morgan fingerprint density at radius 2 is 1.57 bits per heavy atom. The first-order valence-corrected chi connectivity index (χ1v) is 15.0. The topological polar surface area (TPSA) is 148 Å². The van der Waals surface area contributed by atoms with Crippen LogP contribution in [0.5, 0.6) is 11.5 Å². The van der Waals surface area contributed by atoms with Crippen molar-refractivity contribution in [2.75, 3.05) is 38.4 Å². The third-order valence-corrected chi connectivity index (χ3v) is 7.44. The van der Waals surface area contributed by atoms with Gasteiger partial charge in [-0.15, -0.1) is 0 Å². The average molecular weight is 608 g/mol. The van der Waals surface area contributed by atoms with Crippen molar-refractivity contribution in [1.82, 2.24) is 9.55 Å². The number of fused-ring (bicyclic) bond motifs is 1. The SMILES string of the molecule is OCCCCOc1cc(CNc2nc3ccccc3n2[C@@H]2O[C@H](CO)[C@@H](O)[C@H]2O)ccc1OCCCOCc1ccccc1. The molecule has 1 aliphatic rings. The molecule has 0 bridgehead atoms. The molecule has 0 radical (unpaired) electrons. The Balaban J connectivity index is 1.25. The molecule has 1 aromatic heterocycles. The lowest BCUT2D eigenvalue weighted by atomic mass is 10.1. The molecule has 5 N–H and O–H groups in total. The molecule has 1 fully saturated rings. The number of para-hydroxylation sites is 2. The number of hydrogen-bond acceptors (Lipinski definition) is 10. The largest absolute Gasteiger partial charge is 0.490 e. The highest BCUT2D eigenvalue weighted by Gasteiger charge is 2.44. The smallest absolute Gasteiger partial charge is 0.206 e. The summed E-state index contributed by atoms with van der Waals surface area (Å²) in [6.45, 7) is 2.10. The molecule has 0 amide bonds. The summed E-state index contributed by atoms with van der Waals surface area (Å²) in [4.78, 5) is 4.70. The van der Waals surface area contributed by atoms with E-state index >= 15 is 0 Å². The van der Waals surface area contributed by atoms with Gasteiger partial charge in [0.25, 0.3) is 0 Å². The summed E-state index contributed by atoms with van der Waals surface area (Å²) < 4.78 is 25.4. The lowest BCUT2D eigenvalue weighted by Crippen LogP contribution is -2.33. The van der Waals surface area contributed by atoms with Gasteiger partial charge in [0.2, 0.25) is 5.95 Å². The molecule has 0 saturated carbocycles. The van der Waals surface area contributed by atoms with Crippen LogP contribution in [0.2, 0.25) is 0 Å². The first kappa shape index (κ1) is 31.7. The van der Waals surface area contributed by atoms with E-state index in [4.69, 9.17) is 29.0 Å². The Morgan fingerprint density at radius 3 is 2.36 bits per heavy atom. The molecule has 11 heteroatoms. The molecule has 1 aliphatic heterocycles. The quantitative estimate of drug-likeness (QED) is 0.113. The first-order valence-electron chi connectivity index (χ1n) is 15.0. The van der Waals surface area contributed by atoms with E-state index in [1.165, 1.54) is 0 Å². The Hall–Kier alpha value is -3.71. The van der Waals surface area contributed by atoms with E-state index in [0.717, 1.165) is 17.5 Å². The van der Waals surface area contributed by atoms with Gasteiger partial charge < -0.3 is 44.7 Å². The fourth-order valence-corrected chi connectivity index (χ4v) is 5.10. The summed E-state index contributed by atoms with van der Waals surface area (Å²) >= 11 is 0. The van der Waals surface area contributed by atoms with Gasteiger partial charge in [0.05, 0.1) is 44.1 Å². The zero-order chi connectivity index (χ0) is 30.7. The molecule has 2 heterocycles. The maximum atomic E-state index is 10.7. The summed E-state index contributed by atoms with van der Waals surface area (Å²) in [5.74, 6) is 1.67. The minimum atomic E-state index is -1.25. The van der Waals surface area contributed by atoms with Crippen molar-refractivity contribution < 1.29 is 39.4 Å². The lowest BCUT2D eigenvalue weighted by molar-refractivity contribution is -0.0499. The maximum Gasteiger partial charge on any atom is 0.206 e. The number of benzene rings is 3. The number of unbranched alkanes of at least 4 members (excludes halogenated alkanes) is 1. The summed E-state index contributed by atoms with van der Waals surface area (Å²) in [6.07, 6.45) is -2.24. The van der Waals surface area contributed by atoms with Crippen molar-refractivity contribution in [2.24, 2.45) is 0 Å². The van der Waals surface area contributed by atoms with Crippen LogP contribution in [0.3, 0.4) is 0 Å². The molecule has 236 valence electrons. The van der Waals surface area contributed by atoms with E-state index < -0.39 is 31.1 Å². The molecule has 4 aromatic rings. The van der Waals surface area contributed by atoms with Crippen molar-refractivity contribution in [2.45, 2.75) is 57.0 Å². The van der Waals surface area contributed by atoms with Crippen molar-refractivity contribution in [1.29, 1.82) is 0 Å². The molecule has 44 heavy (non-hydrogen) atoms. The van der Waals surface area contributed by atoms with Crippen LogP contribution in [0.25, 0.3) is 11.0 Å². The van der Waals surface area contributed by atoms with E-state index in [1.54, 1.807) is 4.57 Å². The molecule has 3 aromatic carbocycles. The fourth-order valence-electron chi connectivity index (χ4n) is 5.10. The lowest BCUT2D eigenvalue weighted by Gasteiger charge is -2.20. The van der Waals surface area contributed by atoms with E-state index in [0.29, 0.717) is 74.3 Å². The standard InChI is InChI=1S/C33H41N3O8/c37-15-6-7-17-43-28-19-24(13-14-27(28)42-18-8-16-41-22-23-9-2-1-3-10-23)20-34-33-35-25-11-4-5-12-26(25)36(33)32-31(40)30(39)29(21-38)44-32/h1-5,9-14,19,29-32,37-40H,6-8,15-18,20-22H2,(H,34,35)/t29-,30-,31-,32-/m1/s1. The van der Waals surface area contributed by atoms with E-state index in [2.05, 4.69) is 5.32 Å². The van der Waals surface area contributed by atoms with Gasteiger partial charge in [0, 0.05) is 19.6 Å². The van der Waals surface area contributed by atoms with Gasteiger partial charge in [-0.2, -0.15) is 0 Å². The minimum absolute atomic E-state index is 0.107. The fraction of sp³-hybridized carbons (Fsp3) is 0.424. The number of anilines is 1. The predicted octanol–water partition coefficient (Wildman–Crippen LogP) is 3.40. The molecule has 11 nitrogen and oxygen atoms in total. The van der Waals surface area contributed by atoms with Crippen molar-refractivity contribution in [3.05, 3.63) is 83.9 Å². The third kappa shape index (κ3) is 7.86. The van der Waals surface area contributed by atoms with Crippen LogP contribution in [0.1, 0.15) is 36.6 Å². The number of ether oxygens (including phenoxy) is 4. The number of aliphatic hydroxyl groups excluding tert-OH is 4. The second-order valence-corrected chi connectivity index (χ2v) is 10.7. The van der Waals surface area contributed by atoms with Gasteiger partial charge >= 0.3 is 0 Å². The number of aromatic nitrogens is 2. The molecule has 1 saturated heterocycles. The molecule has 4 atom stereocenters. The zero-order valence-corrected chi connectivity index (χ0v) is 24.6. The summed E-state index contributed by atoms with van der Waals surface area (Å²) in [5, 5.41) is 43.2. The van der Waals surface area contributed by atoms with Crippen molar-refractivity contribution >= 4 is 17.0 Å². The van der Waals surface area contributed by atoms with Crippen LogP contribution in [0.15, 0.2) is 72.8 Å². The Morgan fingerprint density at radius 1 is 0.795 bits per heavy atom. The van der Waals surface area contributed by atoms with Crippen LogP contribution in [-0.4, -0.2) is 81.3 Å². The maximum absolute atomic E-state index is 10.7. The van der Waals surface area contributed by atoms with Crippen LogP contribution >= 0.6 is 0 Å². The summed E-state index contributed by atoms with van der Waals surface area (Å²) in [5.41, 5.74) is 3.44. The second-order valence-electron chi connectivity index (χ2n) is 10.7. The minimum Gasteiger partial charge on any atom is -0.490 e. The molecule has 5 rings (SSSR count). The van der Waals surface area contributed by atoms with Crippen LogP contribution in [0, 0.1) is 0 Å². The van der Waals surface area contributed by atoms with Crippen molar-refractivity contribution in [3.63, 3.8) is 0 Å². The highest BCUT2D eigenvalue weighted by Crippen LogP contribution is 2.35. The number of aliphatic hydroxyl groups is 4. The second kappa shape index (κ2) is 15.8. The molecular formula is C33H41N3O8. The van der Waals surface area contributed by atoms with E-state index in [-0.39, 0.29) is 6.61 Å². The summed E-state index contributed by atoms with van der Waals surface area (Å²) in [6, 6.07) is 23.2. The van der Waals surface area contributed by atoms with Gasteiger partial charge in [-0.05, 0) is 48.2 Å². The highest BCUT2D eigenvalue weighted by molar-refractivity contribution is 5.78.